The summed E-state index contributed by atoms with van der Waals surface area (Å²) >= 11 is 1.49. The molecule has 2 aromatic rings. The molecule has 1 aliphatic rings. The first-order valence-corrected chi connectivity index (χ1v) is 8.55. The maximum absolute atomic E-state index is 11.5. The van der Waals surface area contributed by atoms with Crippen LogP contribution in [0.2, 0.25) is 0 Å². The van der Waals surface area contributed by atoms with E-state index in [-0.39, 0.29) is 6.04 Å². The van der Waals surface area contributed by atoms with Crippen molar-refractivity contribution in [2.45, 2.75) is 31.0 Å². The first kappa shape index (κ1) is 16.5. The minimum Gasteiger partial charge on any atom is -0.497 e. The number of hydrogen-bond acceptors (Lipinski definition) is 6. The minimum atomic E-state index is -0.510. The second-order valence-electron chi connectivity index (χ2n) is 5.65. The zero-order chi connectivity index (χ0) is 17.1. The van der Waals surface area contributed by atoms with Crippen LogP contribution >= 0.6 is 11.8 Å². The van der Waals surface area contributed by atoms with E-state index in [1.54, 1.807) is 13.3 Å². The number of nitrogens with zero attached hydrogens (tertiary/aromatic N) is 3. The maximum Gasteiger partial charge on any atom is 0.171 e. The van der Waals surface area contributed by atoms with Gasteiger partial charge in [0.05, 0.1) is 7.11 Å². The first-order valence-electron chi connectivity index (χ1n) is 7.73. The van der Waals surface area contributed by atoms with Crippen molar-refractivity contribution in [3.05, 3.63) is 48.2 Å². The molecule has 1 aromatic carbocycles. The van der Waals surface area contributed by atoms with Gasteiger partial charge in [-0.05, 0) is 55.9 Å². The third kappa shape index (κ3) is 3.14. The molecule has 2 heterocycles. The van der Waals surface area contributed by atoms with Gasteiger partial charge in [-0.2, -0.15) is 0 Å². The van der Waals surface area contributed by atoms with E-state index in [1.807, 2.05) is 36.4 Å². The molecule has 0 amide bonds. The van der Waals surface area contributed by atoms with Crippen LogP contribution in [0.1, 0.15) is 25.5 Å². The highest BCUT2D eigenvalue weighted by atomic mass is 32.2. The van der Waals surface area contributed by atoms with Crippen LogP contribution in [-0.4, -0.2) is 29.6 Å². The van der Waals surface area contributed by atoms with Crippen LogP contribution < -0.4 is 9.64 Å². The number of carbonyl (C=O) groups excluding carboxylic acids is 1. The number of rotatable bonds is 4. The van der Waals surface area contributed by atoms with Gasteiger partial charge in [-0.1, -0.05) is 6.07 Å². The highest BCUT2D eigenvalue weighted by Crippen LogP contribution is 2.36. The molecule has 1 unspecified atom stereocenters. The van der Waals surface area contributed by atoms with Crippen LogP contribution in [0.3, 0.4) is 0 Å². The van der Waals surface area contributed by atoms with Gasteiger partial charge in [0, 0.05) is 23.5 Å². The lowest BCUT2D eigenvalue weighted by molar-refractivity contribution is -0.109. The second kappa shape index (κ2) is 7.05. The van der Waals surface area contributed by atoms with Crippen molar-refractivity contribution in [1.82, 2.24) is 4.98 Å². The average molecular weight is 341 g/mol. The standard InChI is InChI=1S/C18H19N3O2S/c1-12(2)21(13-6-8-14(23-3)9-7-13)18-20-16(11-22)15-5-4-10-19-17(15)24-18/h4-12,16H,1-3H3. The molecular formula is C18H19N3O2S. The van der Waals surface area contributed by atoms with Gasteiger partial charge in [-0.15, -0.1) is 0 Å². The Labute approximate surface area is 145 Å². The van der Waals surface area contributed by atoms with Gasteiger partial charge in [-0.25, -0.2) is 9.98 Å². The normalized spacial score (nSPS) is 16.3. The fourth-order valence-electron chi connectivity index (χ4n) is 2.60. The molecule has 124 valence electrons. The van der Waals surface area contributed by atoms with E-state index < -0.39 is 6.04 Å². The zero-order valence-electron chi connectivity index (χ0n) is 13.8. The molecule has 0 fully saturated rings. The van der Waals surface area contributed by atoms with E-state index in [2.05, 4.69) is 28.7 Å². The molecule has 0 N–H and O–H groups in total. The van der Waals surface area contributed by atoms with Gasteiger partial charge < -0.3 is 14.4 Å². The number of methoxy groups -OCH3 is 1. The third-order valence-electron chi connectivity index (χ3n) is 3.76. The van der Waals surface area contributed by atoms with E-state index in [0.717, 1.165) is 33.5 Å². The van der Waals surface area contributed by atoms with Crippen LogP contribution in [0.15, 0.2) is 52.6 Å². The van der Waals surface area contributed by atoms with Gasteiger partial charge in [0.2, 0.25) is 0 Å². The molecule has 3 rings (SSSR count). The molecular weight excluding hydrogens is 322 g/mol. The number of benzene rings is 1. The number of anilines is 1. The van der Waals surface area contributed by atoms with Gasteiger partial charge in [0.15, 0.2) is 5.17 Å². The summed E-state index contributed by atoms with van der Waals surface area (Å²) in [6, 6.07) is 11.2. The maximum atomic E-state index is 11.5. The van der Waals surface area contributed by atoms with Crippen molar-refractivity contribution in [1.29, 1.82) is 0 Å². The summed E-state index contributed by atoms with van der Waals surface area (Å²) in [7, 11) is 1.65. The monoisotopic (exact) mass is 341 g/mol. The van der Waals surface area contributed by atoms with Crippen LogP contribution in [0.4, 0.5) is 5.69 Å². The Morgan fingerprint density at radius 2 is 2.00 bits per heavy atom. The summed E-state index contributed by atoms with van der Waals surface area (Å²) in [6.07, 6.45) is 2.61. The summed E-state index contributed by atoms with van der Waals surface area (Å²) in [6.45, 7) is 4.19. The van der Waals surface area contributed by atoms with Crippen molar-refractivity contribution < 1.29 is 9.53 Å². The Bertz CT molecular complexity index is 759. The number of thioether (sulfide) groups is 1. The molecule has 0 bridgehead atoms. The lowest BCUT2D eigenvalue weighted by Crippen LogP contribution is -2.36. The largest absolute Gasteiger partial charge is 0.497 e. The van der Waals surface area contributed by atoms with Crippen molar-refractivity contribution in [2.75, 3.05) is 12.0 Å². The van der Waals surface area contributed by atoms with Crippen LogP contribution in [0.5, 0.6) is 5.75 Å². The summed E-state index contributed by atoms with van der Waals surface area (Å²) in [5, 5.41) is 1.61. The summed E-state index contributed by atoms with van der Waals surface area (Å²) in [5.74, 6) is 0.804. The van der Waals surface area contributed by atoms with Gasteiger partial charge in [-0.3, -0.25) is 0 Å². The number of aromatic nitrogens is 1. The molecule has 0 saturated heterocycles. The summed E-state index contributed by atoms with van der Waals surface area (Å²) in [4.78, 5) is 22.7. The van der Waals surface area contributed by atoms with E-state index in [9.17, 15) is 4.79 Å². The van der Waals surface area contributed by atoms with Gasteiger partial charge >= 0.3 is 0 Å². The molecule has 0 saturated carbocycles. The van der Waals surface area contributed by atoms with E-state index in [4.69, 9.17) is 4.74 Å². The molecule has 1 atom stereocenters. The fourth-order valence-corrected chi connectivity index (χ4v) is 3.78. The number of pyridine rings is 1. The highest BCUT2D eigenvalue weighted by molar-refractivity contribution is 8.14. The molecule has 0 radical (unpaired) electrons. The number of aliphatic imine (C=N–C) groups is 1. The van der Waals surface area contributed by atoms with Crippen LogP contribution in [0.25, 0.3) is 0 Å². The van der Waals surface area contributed by atoms with E-state index in [0.29, 0.717) is 0 Å². The topological polar surface area (TPSA) is 54.8 Å². The molecule has 5 nitrogen and oxygen atoms in total. The molecule has 1 aromatic heterocycles. The van der Waals surface area contributed by atoms with Gasteiger partial charge in [0.25, 0.3) is 0 Å². The number of fused-ring (bicyclic) bond motifs is 1. The Morgan fingerprint density at radius 1 is 1.25 bits per heavy atom. The average Bonchev–Trinajstić information content (AvgIpc) is 2.61. The van der Waals surface area contributed by atoms with Crippen molar-refractivity contribution in [3.8, 4) is 5.75 Å². The lowest BCUT2D eigenvalue weighted by Gasteiger charge is -2.32. The fraction of sp³-hybridized carbons (Fsp3) is 0.278. The summed E-state index contributed by atoms with van der Waals surface area (Å²) < 4.78 is 5.23. The smallest absolute Gasteiger partial charge is 0.171 e. The predicted molar refractivity (Wildman–Crippen MR) is 96.9 cm³/mol. The number of amidine groups is 1. The Kier molecular flexibility index (Phi) is 4.85. The van der Waals surface area contributed by atoms with Crippen LogP contribution in [0, 0.1) is 0 Å². The van der Waals surface area contributed by atoms with E-state index >= 15 is 0 Å². The lowest BCUT2D eigenvalue weighted by atomic mass is 10.1. The highest BCUT2D eigenvalue weighted by Gasteiger charge is 2.28. The molecule has 0 aliphatic carbocycles. The van der Waals surface area contributed by atoms with Crippen molar-refractivity contribution >= 4 is 28.9 Å². The molecule has 24 heavy (non-hydrogen) atoms. The van der Waals surface area contributed by atoms with E-state index in [1.165, 1.54) is 11.8 Å². The minimum absolute atomic E-state index is 0.183. The quantitative estimate of drug-likeness (QED) is 0.794. The predicted octanol–water partition coefficient (Wildman–Crippen LogP) is 3.71. The SMILES string of the molecule is COc1ccc(N(C2=NC(C=O)c3cccnc3S2)C(C)C)cc1. The van der Waals surface area contributed by atoms with Crippen LogP contribution in [-0.2, 0) is 4.79 Å². The number of hydrogen-bond donors (Lipinski definition) is 0. The Morgan fingerprint density at radius 3 is 2.62 bits per heavy atom. The van der Waals surface area contributed by atoms with Crippen molar-refractivity contribution in [3.63, 3.8) is 0 Å². The number of carbonyl (C=O) groups is 1. The molecule has 0 spiro atoms. The van der Waals surface area contributed by atoms with Gasteiger partial charge in [0.1, 0.15) is 23.1 Å². The third-order valence-corrected chi connectivity index (χ3v) is 4.78. The van der Waals surface area contributed by atoms with Crippen molar-refractivity contribution in [2.24, 2.45) is 4.99 Å². The number of aldehydes is 1. The first-order chi connectivity index (χ1) is 11.6. The molecule has 6 heteroatoms. The summed E-state index contributed by atoms with van der Waals surface area (Å²) in [5.41, 5.74) is 1.86. The second-order valence-corrected chi connectivity index (χ2v) is 6.61. The zero-order valence-corrected chi connectivity index (χ0v) is 14.7. The number of ether oxygens (including phenoxy) is 1. The Balaban J connectivity index is 2.00. The molecule has 1 aliphatic heterocycles. The Hall–Kier alpha value is -2.34.